The van der Waals surface area contributed by atoms with Crippen LogP contribution in [0.5, 0.6) is 0 Å². The number of hydrogen-bond donors (Lipinski definition) is 0. The number of carbonyl (C=O) groups excluding carboxylic acids is 1. The Bertz CT molecular complexity index is 1290. The second-order valence-electron chi connectivity index (χ2n) is 8.64. The van der Waals surface area contributed by atoms with E-state index in [1.54, 1.807) is 24.1 Å². The van der Waals surface area contributed by atoms with Gasteiger partial charge in [-0.3, -0.25) is 19.3 Å². The molecule has 0 bridgehead atoms. The highest BCUT2D eigenvalue weighted by atomic mass is 32.2. The van der Waals surface area contributed by atoms with Crippen LogP contribution in [0.25, 0.3) is 11.3 Å². The van der Waals surface area contributed by atoms with E-state index in [1.807, 2.05) is 35.2 Å². The summed E-state index contributed by atoms with van der Waals surface area (Å²) < 4.78 is 15.4. The summed E-state index contributed by atoms with van der Waals surface area (Å²) >= 11 is 1.54. The van der Waals surface area contributed by atoms with Crippen LogP contribution in [-0.4, -0.2) is 56.9 Å². The number of benzene rings is 1. The normalized spacial score (nSPS) is 21.2. The molecule has 0 spiro atoms. The maximum absolute atomic E-state index is 13.5. The van der Waals surface area contributed by atoms with E-state index in [1.165, 1.54) is 17.8 Å². The Hall–Kier alpha value is -3.20. The number of nitrogens with zero attached hydrogens (tertiary/aromatic N) is 6. The van der Waals surface area contributed by atoms with Crippen LogP contribution in [0.3, 0.4) is 0 Å². The van der Waals surface area contributed by atoms with Crippen molar-refractivity contribution < 1.29 is 9.18 Å². The van der Waals surface area contributed by atoms with Crippen molar-refractivity contribution in [2.24, 2.45) is 4.99 Å². The molecule has 3 aliphatic rings. The molecule has 2 aromatic heterocycles. The molecule has 1 fully saturated rings. The van der Waals surface area contributed by atoms with Crippen molar-refractivity contribution in [3.63, 3.8) is 0 Å². The van der Waals surface area contributed by atoms with Gasteiger partial charge in [-0.1, -0.05) is 30.3 Å². The summed E-state index contributed by atoms with van der Waals surface area (Å²) in [7, 11) is 1.80. The molecule has 168 valence electrons. The van der Waals surface area contributed by atoms with Crippen molar-refractivity contribution in [1.82, 2.24) is 19.7 Å². The smallest absolute Gasteiger partial charge is 0.266 e. The van der Waals surface area contributed by atoms with Crippen LogP contribution >= 0.6 is 11.8 Å². The number of fused-ring (bicyclic) bond motifs is 5. The SMILES string of the molecule is CSc1c2c(nn1Cc1ccc(-c3cccc(F)n3)cc1)N1C(=N[C@@H]3CCC[C@@H]31)N(C)C2=O. The van der Waals surface area contributed by atoms with Gasteiger partial charge < -0.3 is 0 Å². The van der Waals surface area contributed by atoms with Gasteiger partial charge in [-0.2, -0.15) is 9.49 Å². The second-order valence-corrected chi connectivity index (χ2v) is 9.43. The molecule has 2 aliphatic heterocycles. The summed E-state index contributed by atoms with van der Waals surface area (Å²) in [6, 6.07) is 13.2. The number of aromatic nitrogens is 3. The summed E-state index contributed by atoms with van der Waals surface area (Å²) in [4.78, 5) is 25.9. The van der Waals surface area contributed by atoms with Crippen LogP contribution < -0.4 is 4.90 Å². The van der Waals surface area contributed by atoms with E-state index in [0.717, 1.165) is 47.2 Å². The molecular formula is C24H23FN6OS. The van der Waals surface area contributed by atoms with Gasteiger partial charge >= 0.3 is 0 Å². The molecule has 4 heterocycles. The molecule has 1 aromatic carbocycles. The van der Waals surface area contributed by atoms with Gasteiger partial charge in [0, 0.05) is 12.6 Å². The first kappa shape index (κ1) is 20.4. The Morgan fingerprint density at radius 3 is 2.73 bits per heavy atom. The van der Waals surface area contributed by atoms with Crippen molar-refractivity contribution in [2.45, 2.75) is 42.9 Å². The van der Waals surface area contributed by atoms with E-state index in [4.69, 9.17) is 10.1 Å². The molecule has 1 aliphatic carbocycles. The first-order valence-corrected chi connectivity index (χ1v) is 12.3. The molecule has 1 amide bonds. The van der Waals surface area contributed by atoms with Crippen molar-refractivity contribution in [2.75, 3.05) is 18.2 Å². The van der Waals surface area contributed by atoms with Crippen LogP contribution in [-0.2, 0) is 6.54 Å². The summed E-state index contributed by atoms with van der Waals surface area (Å²) in [6.45, 7) is 0.533. The van der Waals surface area contributed by atoms with E-state index in [-0.39, 0.29) is 18.0 Å². The van der Waals surface area contributed by atoms with Gasteiger partial charge in [0.2, 0.25) is 11.9 Å². The molecule has 6 rings (SSSR count). The van der Waals surface area contributed by atoms with Gasteiger partial charge in [0.05, 0.1) is 24.3 Å². The number of pyridine rings is 1. The Morgan fingerprint density at radius 1 is 1.15 bits per heavy atom. The highest BCUT2D eigenvalue weighted by molar-refractivity contribution is 7.98. The van der Waals surface area contributed by atoms with E-state index in [0.29, 0.717) is 17.8 Å². The molecule has 0 saturated heterocycles. The van der Waals surface area contributed by atoms with E-state index >= 15 is 0 Å². The van der Waals surface area contributed by atoms with Crippen LogP contribution in [0.1, 0.15) is 35.2 Å². The molecule has 7 nitrogen and oxygen atoms in total. The fourth-order valence-electron chi connectivity index (χ4n) is 5.12. The van der Waals surface area contributed by atoms with Crippen molar-refractivity contribution in [1.29, 1.82) is 0 Å². The number of rotatable bonds is 4. The average Bonchev–Trinajstić information content (AvgIpc) is 3.51. The summed E-state index contributed by atoms with van der Waals surface area (Å²) in [6.07, 6.45) is 5.25. The minimum absolute atomic E-state index is 0.0527. The van der Waals surface area contributed by atoms with Gasteiger partial charge in [0.15, 0.2) is 5.82 Å². The Balaban J connectivity index is 1.35. The van der Waals surface area contributed by atoms with Gasteiger partial charge in [-0.15, -0.1) is 11.8 Å². The van der Waals surface area contributed by atoms with Gasteiger partial charge in [0.1, 0.15) is 10.6 Å². The number of thioether (sulfide) groups is 1. The zero-order chi connectivity index (χ0) is 22.7. The lowest BCUT2D eigenvalue weighted by molar-refractivity contribution is 0.0861. The lowest BCUT2D eigenvalue weighted by Gasteiger charge is -2.34. The molecule has 9 heteroatoms. The number of guanidine groups is 1. The van der Waals surface area contributed by atoms with Gasteiger partial charge in [0.25, 0.3) is 5.91 Å². The van der Waals surface area contributed by atoms with Gasteiger partial charge in [-0.05, 0) is 43.2 Å². The first-order valence-electron chi connectivity index (χ1n) is 11.1. The standard InChI is InChI=1S/C24H23FN6OS/c1-29-22(32)20-21(31-18-7-3-6-17(18)27-24(29)31)28-30(23(20)33-2)13-14-9-11-15(12-10-14)16-5-4-8-19(25)26-16/h4-5,8-12,17-18H,3,6-7,13H2,1-2H3/t17-,18+/m1/s1. The van der Waals surface area contributed by atoms with Crippen LogP contribution in [0.2, 0.25) is 0 Å². The Morgan fingerprint density at radius 2 is 1.97 bits per heavy atom. The van der Waals surface area contributed by atoms with Crippen LogP contribution in [0, 0.1) is 5.95 Å². The number of amides is 1. The number of hydrogen-bond acceptors (Lipinski definition) is 6. The molecule has 0 radical (unpaired) electrons. The molecule has 3 aromatic rings. The van der Waals surface area contributed by atoms with E-state index < -0.39 is 5.95 Å². The predicted molar refractivity (Wildman–Crippen MR) is 126 cm³/mol. The van der Waals surface area contributed by atoms with Crippen molar-refractivity contribution in [3.05, 3.63) is 59.5 Å². The second kappa shape index (κ2) is 7.69. The fraction of sp³-hybridized carbons (Fsp3) is 0.333. The molecule has 2 atom stereocenters. The summed E-state index contributed by atoms with van der Waals surface area (Å²) in [5.74, 6) is 0.915. The van der Waals surface area contributed by atoms with Crippen LogP contribution in [0.15, 0.2) is 52.5 Å². The maximum atomic E-state index is 13.5. The van der Waals surface area contributed by atoms with Gasteiger partial charge in [-0.25, -0.2) is 9.98 Å². The minimum Gasteiger partial charge on any atom is -0.289 e. The minimum atomic E-state index is -0.493. The van der Waals surface area contributed by atoms with E-state index in [2.05, 4.69) is 9.88 Å². The molecule has 1 saturated carbocycles. The third-order valence-corrected chi connectivity index (χ3v) is 7.50. The number of anilines is 1. The zero-order valence-corrected chi connectivity index (χ0v) is 19.2. The van der Waals surface area contributed by atoms with E-state index in [9.17, 15) is 9.18 Å². The summed E-state index contributed by atoms with van der Waals surface area (Å²) in [5, 5.41) is 5.79. The number of carbonyl (C=O) groups is 1. The van der Waals surface area contributed by atoms with Crippen LogP contribution in [0.4, 0.5) is 10.2 Å². The quantitative estimate of drug-likeness (QED) is 0.433. The highest BCUT2D eigenvalue weighted by Crippen LogP contribution is 2.42. The molecular weight excluding hydrogens is 439 g/mol. The lowest BCUT2D eigenvalue weighted by Crippen LogP contribution is -2.51. The molecule has 0 N–H and O–H groups in total. The largest absolute Gasteiger partial charge is 0.289 e. The van der Waals surface area contributed by atoms with Crippen molar-refractivity contribution >= 4 is 29.4 Å². The molecule has 0 unspecified atom stereocenters. The monoisotopic (exact) mass is 462 g/mol. The maximum Gasteiger partial charge on any atom is 0.266 e. The summed E-state index contributed by atoms with van der Waals surface area (Å²) in [5.41, 5.74) is 3.16. The lowest BCUT2D eigenvalue weighted by atomic mass is 10.1. The first-order chi connectivity index (χ1) is 16.0. The molecule has 33 heavy (non-hydrogen) atoms. The Labute approximate surface area is 195 Å². The number of halogens is 1. The van der Waals surface area contributed by atoms with Crippen molar-refractivity contribution in [3.8, 4) is 11.3 Å². The number of aliphatic imine (C=N–C) groups is 1. The third-order valence-electron chi connectivity index (χ3n) is 6.70. The Kier molecular flexibility index (Phi) is 4.76. The fourth-order valence-corrected chi connectivity index (χ4v) is 5.82. The highest BCUT2D eigenvalue weighted by Gasteiger charge is 2.49. The topological polar surface area (TPSA) is 66.6 Å². The third kappa shape index (κ3) is 3.17. The zero-order valence-electron chi connectivity index (χ0n) is 18.4. The predicted octanol–water partition coefficient (Wildman–Crippen LogP) is 4.04. The average molecular weight is 463 g/mol.